The molecule has 23 heavy (non-hydrogen) atoms. The summed E-state index contributed by atoms with van der Waals surface area (Å²) in [7, 11) is 0. The van der Waals surface area contributed by atoms with Crippen LogP contribution in [0.5, 0.6) is 0 Å². The van der Waals surface area contributed by atoms with Gasteiger partial charge in [-0.3, -0.25) is 4.79 Å². The van der Waals surface area contributed by atoms with Crippen molar-refractivity contribution in [1.29, 1.82) is 0 Å². The quantitative estimate of drug-likeness (QED) is 0.773. The normalized spacial score (nSPS) is 12.2. The van der Waals surface area contributed by atoms with Gasteiger partial charge < -0.3 is 9.88 Å². The minimum Gasteiger partial charge on any atom is -0.355 e. The van der Waals surface area contributed by atoms with Crippen molar-refractivity contribution in [2.24, 2.45) is 0 Å². The second-order valence-electron chi connectivity index (χ2n) is 5.11. The van der Waals surface area contributed by atoms with Gasteiger partial charge in [-0.05, 0) is 44.5 Å². The molecular weight excluding hydrogens is 332 g/mol. The van der Waals surface area contributed by atoms with Crippen LogP contribution in [0.25, 0.3) is 11.4 Å². The summed E-state index contributed by atoms with van der Waals surface area (Å²) >= 11 is 7.36. The molecule has 1 aromatic carbocycles. The lowest BCUT2D eigenvalue weighted by molar-refractivity contribution is -0.120. The molecule has 2 aromatic rings. The maximum Gasteiger partial charge on any atom is 0.233 e. The number of nitrogens with one attached hydrogen (secondary N) is 1. The maximum absolute atomic E-state index is 12.0. The molecule has 0 aliphatic carbocycles. The highest BCUT2D eigenvalue weighted by molar-refractivity contribution is 8.00. The van der Waals surface area contributed by atoms with E-state index in [1.807, 2.05) is 49.6 Å². The number of nitrogens with zero attached hydrogens (tertiary/aromatic N) is 3. The van der Waals surface area contributed by atoms with Gasteiger partial charge in [0.2, 0.25) is 5.91 Å². The van der Waals surface area contributed by atoms with Gasteiger partial charge in [0.1, 0.15) is 0 Å². The zero-order valence-corrected chi connectivity index (χ0v) is 15.1. The number of aromatic nitrogens is 3. The molecule has 0 saturated carbocycles. The summed E-state index contributed by atoms with van der Waals surface area (Å²) in [5.74, 6) is 0.809. The summed E-state index contributed by atoms with van der Waals surface area (Å²) in [6, 6.07) is 7.51. The minimum atomic E-state index is -0.214. The van der Waals surface area contributed by atoms with Crippen LogP contribution in [-0.2, 0) is 11.3 Å². The minimum absolute atomic E-state index is 0.0237. The fraction of sp³-hybridized carbons (Fsp3) is 0.438. The van der Waals surface area contributed by atoms with Crippen LogP contribution >= 0.6 is 23.4 Å². The average molecular weight is 353 g/mol. The van der Waals surface area contributed by atoms with Crippen LogP contribution in [0.2, 0.25) is 5.02 Å². The van der Waals surface area contributed by atoms with E-state index in [1.165, 1.54) is 11.8 Å². The first-order valence-electron chi connectivity index (χ1n) is 7.70. The molecule has 1 unspecified atom stereocenters. The second kappa shape index (κ2) is 8.36. The van der Waals surface area contributed by atoms with Gasteiger partial charge in [-0.2, -0.15) is 0 Å². The molecule has 2 rings (SSSR count). The molecule has 1 amide bonds. The van der Waals surface area contributed by atoms with Crippen molar-refractivity contribution in [3.8, 4) is 11.4 Å². The standard InChI is InChI=1S/C16H21ClN4OS/c1-4-10-18-15(22)11(3)23-16-20-19-14(21(16)5-2)12-6-8-13(17)9-7-12/h6-9,11H,4-5,10H2,1-3H3,(H,18,22). The van der Waals surface area contributed by atoms with Crippen LogP contribution in [0.15, 0.2) is 29.4 Å². The number of hydrogen-bond donors (Lipinski definition) is 1. The third-order valence-corrected chi connectivity index (χ3v) is 4.67. The number of carbonyl (C=O) groups excluding carboxylic acids is 1. The van der Waals surface area contributed by atoms with Crippen molar-refractivity contribution < 1.29 is 4.79 Å². The van der Waals surface area contributed by atoms with Gasteiger partial charge in [-0.25, -0.2) is 0 Å². The van der Waals surface area contributed by atoms with Crippen LogP contribution in [0.4, 0.5) is 0 Å². The third kappa shape index (κ3) is 4.48. The topological polar surface area (TPSA) is 59.8 Å². The van der Waals surface area contributed by atoms with E-state index in [-0.39, 0.29) is 11.2 Å². The molecule has 0 spiro atoms. The van der Waals surface area contributed by atoms with Gasteiger partial charge in [0.15, 0.2) is 11.0 Å². The summed E-state index contributed by atoms with van der Waals surface area (Å²) < 4.78 is 2.01. The molecule has 0 fully saturated rings. The van der Waals surface area contributed by atoms with Crippen LogP contribution in [0.3, 0.4) is 0 Å². The van der Waals surface area contributed by atoms with Crippen LogP contribution in [-0.4, -0.2) is 32.5 Å². The Balaban J connectivity index is 2.17. The van der Waals surface area contributed by atoms with E-state index >= 15 is 0 Å². The fourth-order valence-corrected chi connectivity index (χ4v) is 3.14. The summed E-state index contributed by atoms with van der Waals surface area (Å²) in [5.41, 5.74) is 0.957. The summed E-state index contributed by atoms with van der Waals surface area (Å²) in [6.45, 7) is 7.38. The van der Waals surface area contributed by atoms with E-state index in [0.29, 0.717) is 11.6 Å². The van der Waals surface area contributed by atoms with Gasteiger partial charge in [0.05, 0.1) is 5.25 Å². The van der Waals surface area contributed by atoms with E-state index < -0.39 is 0 Å². The van der Waals surface area contributed by atoms with Gasteiger partial charge in [0.25, 0.3) is 0 Å². The van der Waals surface area contributed by atoms with Gasteiger partial charge in [-0.15, -0.1) is 10.2 Å². The lowest BCUT2D eigenvalue weighted by Gasteiger charge is -2.12. The van der Waals surface area contributed by atoms with Crippen molar-refractivity contribution in [2.45, 2.75) is 44.1 Å². The number of carbonyl (C=O) groups is 1. The first kappa shape index (κ1) is 17.8. The Hall–Kier alpha value is -1.53. The number of rotatable bonds is 7. The van der Waals surface area contributed by atoms with E-state index in [1.54, 1.807) is 0 Å². The molecule has 0 aliphatic heterocycles. The Bertz CT molecular complexity index is 657. The fourth-order valence-electron chi connectivity index (χ4n) is 2.08. The van der Waals surface area contributed by atoms with Gasteiger partial charge in [0, 0.05) is 23.7 Å². The Morgan fingerprint density at radius 1 is 1.30 bits per heavy atom. The first-order valence-corrected chi connectivity index (χ1v) is 8.96. The zero-order chi connectivity index (χ0) is 16.8. The average Bonchev–Trinajstić information content (AvgIpc) is 2.95. The molecule has 7 heteroatoms. The molecule has 0 aliphatic rings. The molecule has 1 N–H and O–H groups in total. The highest BCUT2D eigenvalue weighted by atomic mass is 35.5. The molecule has 0 radical (unpaired) electrons. The Kier molecular flexibility index (Phi) is 6.47. The molecule has 1 atom stereocenters. The number of benzene rings is 1. The van der Waals surface area contributed by atoms with E-state index in [4.69, 9.17) is 11.6 Å². The molecule has 0 saturated heterocycles. The summed E-state index contributed by atoms with van der Waals surface area (Å²) in [4.78, 5) is 12.0. The van der Waals surface area contributed by atoms with Crippen LogP contribution < -0.4 is 5.32 Å². The smallest absolute Gasteiger partial charge is 0.233 e. The Morgan fingerprint density at radius 2 is 2.00 bits per heavy atom. The van der Waals surface area contributed by atoms with Crippen molar-refractivity contribution in [2.75, 3.05) is 6.54 Å². The van der Waals surface area contributed by atoms with Crippen molar-refractivity contribution >= 4 is 29.3 Å². The molecule has 1 heterocycles. The highest BCUT2D eigenvalue weighted by Gasteiger charge is 2.19. The first-order chi connectivity index (χ1) is 11.1. The Morgan fingerprint density at radius 3 is 2.61 bits per heavy atom. The van der Waals surface area contributed by atoms with E-state index in [9.17, 15) is 4.79 Å². The third-order valence-electron chi connectivity index (χ3n) is 3.34. The second-order valence-corrected chi connectivity index (χ2v) is 6.85. The Labute approximate surface area is 145 Å². The lowest BCUT2D eigenvalue weighted by atomic mass is 10.2. The number of thioether (sulfide) groups is 1. The summed E-state index contributed by atoms with van der Waals surface area (Å²) in [6.07, 6.45) is 0.926. The van der Waals surface area contributed by atoms with Crippen LogP contribution in [0, 0.1) is 0 Å². The van der Waals surface area contributed by atoms with Crippen molar-refractivity contribution in [3.05, 3.63) is 29.3 Å². The number of amides is 1. The predicted molar refractivity (Wildman–Crippen MR) is 94.8 cm³/mol. The number of halogens is 1. The van der Waals surface area contributed by atoms with E-state index in [2.05, 4.69) is 15.5 Å². The largest absolute Gasteiger partial charge is 0.355 e. The maximum atomic E-state index is 12.0. The molecular formula is C16H21ClN4OS. The molecule has 1 aromatic heterocycles. The number of hydrogen-bond acceptors (Lipinski definition) is 4. The van der Waals surface area contributed by atoms with Crippen LogP contribution in [0.1, 0.15) is 27.2 Å². The highest BCUT2D eigenvalue weighted by Crippen LogP contribution is 2.27. The van der Waals surface area contributed by atoms with Crippen molar-refractivity contribution in [1.82, 2.24) is 20.1 Å². The molecule has 0 bridgehead atoms. The SMILES string of the molecule is CCCNC(=O)C(C)Sc1nnc(-c2ccc(Cl)cc2)n1CC. The zero-order valence-electron chi connectivity index (χ0n) is 13.5. The van der Waals surface area contributed by atoms with E-state index in [0.717, 1.165) is 29.5 Å². The van der Waals surface area contributed by atoms with Crippen molar-refractivity contribution in [3.63, 3.8) is 0 Å². The predicted octanol–water partition coefficient (Wildman–Crippen LogP) is 3.63. The van der Waals surface area contributed by atoms with Gasteiger partial charge in [-0.1, -0.05) is 30.3 Å². The monoisotopic (exact) mass is 352 g/mol. The molecule has 124 valence electrons. The van der Waals surface area contributed by atoms with Gasteiger partial charge >= 0.3 is 0 Å². The molecule has 5 nitrogen and oxygen atoms in total. The summed E-state index contributed by atoms with van der Waals surface area (Å²) in [5, 5.41) is 12.7. The lowest BCUT2D eigenvalue weighted by Crippen LogP contribution is -2.31.